The molecule has 0 saturated carbocycles. The van der Waals surface area contributed by atoms with E-state index >= 15 is 0 Å². The Morgan fingerprint density at radius 3 is 2.69 bits per heavy atom. The smallest absolute Gasteiger partial charge is 0.230 e. The second-order valence-corrected chi connectivity index (χ2v) is 10.2. The lowest BCUT2D eigenvalue weighted by atomic mass is 10.2. The SMILES string of the molecule is CCCCn1c(SCC(=O)N[C@@H]2CCS(=O)(=O)C2)nnc1-c1ccc(OC)cc1. The van der Waals surface area contributed by atoms with Crippen molar-refractivity contribution < 1.29 is 17.9 Å². The molecule has 1 fully saturated rings. The van der Waals surface area contributed by atoms with E-state index < -0.39 is 9.84 Å². The molecule has 2 heterocycles. The lowest BCUT2D eigenvalue weighted by Crippen LogP contribution is -2.36. The minimum atomic E-state index is -3.01. The lowest BCUT2D eigenvalue weighted by Gasteiger charge is -2.12. The van der Waals surface area contributed by atoms with E-state index in [-0.39, 0.29) is 29.2 Å². The summed E-state index contributed by atoms with van der Waals surface area (Å²) in [4.78, 5) is 12.3. The summed E-state index contributed by atoms with van der Waals surface area (Å²) in [6, 6.07) is 7.34. The van der Waals surface area contributed by atoms with Crippen molar-refractivity contribution in [2.24, 2.45) is 0 Å². The number of nitrogens with zero attached hydrogens (tertiary/aromatic N) is 3. The summed E-state index contributed by atoms with van der Waals surface area (Å²) < 4.78 is 30.3. The first-order valence-electron chi connectivity index (χ1n) is 9.62. The Hall–Kier alpha value is -2.07. The highest BCUT2D eigenvalue weighted by Gasteiger charge is 2.29. The summed E-state index contributed by atoms with van der Waals surface area (Å²) in [6.07, 6.45) is 2.48. The molecule has 1 atom stereocenters. The molecule has 3 rings (SSSR count). The first-order valence-corrected chi connectivity index (χ1v) is 12.4. The lowest BCUT2D eigenvalue weighted by molar-refractivity contribution is -0.119. The summed E-state index contributed by atoms with van der Waals surface area (Å²) in [6.45, 7) is 2.88. The fourth-order valence-corrected chi connectivity index (χ4v) is 5.62. The van der Waals surface area contributed by atoms with Crippen molar-refractivity contribution in [2.75, 3.05) is 24.4 Å². The summed E-state index contributed by atoms with van der Waals surface area (Å²) >= 11 is 1.32. The summed E-state index contributed by atoms with van der Waals surface area (Å²) in [7, 11) is -1.39. The van der Waals surface area contributed by atoms with E-state index in [1.807, 2.05) is 28.8 Å². The molecule has 0 unspecified atom stereocenters. The van der Waals surface area contributed by atoms with Crippen LogP contribution in [0.25, 0.3) is 11.4 Å². The van der Waals surface area contributed by atoms with E-state index in [2.05, 4.69) is 22.4 Å². The van der Waals surface area contributed by atoms with Gasteiger partial charge >= 0.3 is 0 Å². The number of hydrogen-bond donors (Lipinski definition) is 1. The molecule has 158 valence electrons. The second kappa shape index (κ2) is 9.62. The summed E-state index contributed by atoms with van der Waals surface area (Å²) in [5, 5.41) is 12.1. The van der Waals surface area contributed by atoms with Gasteiger partial charge in [-0.15, -0.1) is 10.2 Å². The number of rotatable bonds is 9. The maximum absolute atomic E-state index is 12.3. The molecule has 1 aliphatic rings. The van der Waals surface area contributed by atoms with E-state index in [1.54, 1.807) is 7.11 Å². The second-order valence-electron chi connectivity index (χ2n) is 7.00. The fourth-order valence-electron chi connectivity index (χ4n) is 3.18. The molecule has 0 radical (unpaired) electrons. The van der Waals surface area contributed by atoms with Crippen LogP contribution in [0.3, 0.4) is 0 Å². The van der Waals surface area contributed by atoms with Gasteiger partial charge in [-0.2, -0.15) is 0 Å². The van der Waals surface area contributed by atoms with Gasteiger partial charge in [0.05, 0.1) is 24.4 Å². The van der Waals surface area contributed by atoms with Gasteiger partial charge in [-0.3, -0.25) is 4.79 Å². The van der Waals surface area contributed by atoms with Crippen LogP contribution in [0.4, 0.5) is 0 Å². The Kier molecular flexibility index (Phi) is 7.18. The highest BCUT2D eigenvalue weighted by molar-refractivity contribution is 7.99. The van der Waals surface area contributed by atoms with Gasteiger partial charge in [-0.1, -0.05) is 25.1 Å². The highest BCUT2D eigenvalue weighted by atomic mass is 32.2. The largest absolute Gasteiger partial charge is 0.497 e. The Morgan fingerprint density at radius 2 is 2.07 bits per heavy atom. The topological polar surface area (TPSA) is 103 Å². The number of ether oxygens (including phenoxy) is 1. The average Bonchev–Trinajstić information content (AvgIpc) is 3.27. The van der Waals surface area contributed by atoms with Gasteiger partial charge in [0.15, 0.2) is 20.8 Å². The van der Waals surface area contributed by atoms with Gasteiger partial charge in [0.2, 0.25) is 5.91 Å². The Balaban J connectivity index is 1.68. The van der Waals surface area contributed by atoms with Crippen molar-refractivity contribution in [3.05, 3.63) is 24.3 Å². The third-order valence-electron chi connectivity index (χ3n) is 4.73. The molecule has 1 amide bonds. The van der Waals surface area contributed by atoms with Crippen molar-refractivity contribution in [1.29, 1.82) is 0 Å². The monoisotopic (exact) mass is 438 g/mol. The predicted molar refractivity (Wildman–Crippen MR) is 113 cm³/mol. The fraction of sp³-hybridized carbons (Fsp3) is 0.526. The molecule has 10 heteroatoms. The van der Waals surface area contributed by atoms with Crippen molar-refractivity contribution >= 4 is 27.5 Å². The molecule has 1 aliphatic heterocycles. The maximum Gasteiger partial charge on any atom is 0.230 e. The molecular formula is C19H26N4O4S2. The van der Waals surface area contributed by atoms with Crippen molar-refractivity contribution in [3.63, 3.8) is 0 Å². The van der Waals surface area contributed by atoms with E-state index in [0.717, 1.165) is 36.5 Å². The van der Waals surface area contributed by atoms with Gasteiger partial charge in [0.25, 0.3) is 0 Å². The van der Waals surface area contributed by atoms with E-state index in [9.17, 15) is 13.2 Å². The highest BCUT2D eigenvalue weighted by Crippen LogP contribution is 2.26. The number of sulfone groups is 1. The van der Waals surface area contributed by atoms with Crippen molar-refractivity contribution in [2.45, 2.75) is 43.9 Å². The molecule has 1 N–H and O–H groups in total. The van der Waals surface area contributed by atoms with Crippen LogP contribution in [0, 0.1) is 0 Å². The van der Waals surface area contributed by atoms with E-state index in [1.165, 1.54) is 11.8 Å². The maximum atomic E-state index is 12.3. The third-order valence-corrected chi connectivity index (χ3v) is 7.46. The predicted octanol–water partition coefficient (Wildman–Crippen LogP) is 2.15. The molecule has 2 aromatic rings. The number of aromatic nitrogens is 3. The number of carbonyl (C=O) groups is 1. The molecule has 29 heavy (non-hydrogen) atoms. The normalized spacial score (nSPS) is 17.9. The van der Waals surface area contributed by atoms with E-state index in [4.69, 9.17) is 4.74 Å². The van der Waals surface area contributed by atoms with E-state index in [0.29, 0.717) is 11.6 Å². The van der Waals surface area contributed by atoms with Crippen LogP contribution in [0.15, 0.2) is 29.4 Å². The number of amides is 1. The minimum absolute atomic E-state index is 0.0255. The first kappa shape index (κ1) is 21.6. The Bertz CT molecular complexity index is 942. The van der Waals surface area contributed by atoms with Crippen LogP contribution in [-0.2, 0) is 21.2 Å². The number of hydrogen-bond acceptors (Lipinski definition) is 7. The van der Waals surface area contributed by atoms with Crippen LogP contribution >= 0.6 is 11.8 Å². The van der Waals surface area contributed by atoms with Gasteiger partial charge in [0, 0.05) is 18.2 Å². The van der Waals surface area contributed by atoms with Crippen LogP contribution < -0.4 is 10.1 Å². The number of benzene rings is 1. The van der Waals surface area contributed by atoms with Crippen LogP contribution in [0.2, 0.25) is 0 Å². The number of methoxy groups -OCH3 is 1. The first-order chi connectivity index (χ1) is 13.9. The Labute approximate surface area is 175 Å². The molecule has 0 aliphatic carbocycles. The zero-order valence-electron chi connectivity index (χ0n) is 16.6. The van der Waals surface area contributed by atoms with Gasteiger partial charge in [-0.05, 0) is 37.1 Å². The summed E-state index contributed by atoms with van der Waals surface area (Å²) in [5.74, 6) is 1.68. The number of carbonyl (C=O) groups excluding carboxylic acids is 1. The molecule has 8 nitrogen and oxygen atoms in total. The van der Waals surface area contributed by atoms with Crippen LogP contribution in [-0.4, -0.2) is 59.5 Å². The number of unbranched alkanes of at least 4 members (excludes halogenated alkanes) is 1. The number of thioether (sulfide) groups is 1. The number of nitrogens with one attached hydrogen (secondary N) is 1. The Morgan fingerprint density at radius 1 is 1.31 bits per heavy atom. The molecule has 1 aromatic heterocycles. The van der Waals surface area contributed by atoms with Gasteiger partial charge in [-0.25, -0.2) is 8.42 Å². The average molecular weight is 439 g/mol. The molecule has 0 bridgehead atoms. The van der Waals surface area contributed by atoms with Crippen molar-refractivity contribution in [3.8, 4) is 17.1 Å². The molecule has 1 saturated heterocycles. The quantitative estimate of drug-likeness (QED) is 0.598. The van der Waals surface area contributed by atoms with Crippen LogP contribution in [0.1, 0.15) is 26.2 Å². The minimum Gasteiger partial charge on any atom is -0.497 e. The van der Waals surface area contributed by atoms with Crippen LogP contribution in [0.5, 0.6) is 5.75 Å². The molecule has 0 spiro atoms. The standard InChI is InChI=1S/C19H26N4O4S2/c1-3-4-10-23-18(14-5-7-16(27-2)8-6-14)21-22-19(23)28-12-17(24)20-15-9-11-29(25,26)13-15/h5-8,15H,3-4,9-13H2,1-2H3,(H,20,24)/t15-/m1/s1. The zero-order valence-corrected chi connectivity index (χ0v) is 18.3. The zero-order chi connectivity index (χ0) is 20.9. The molecule has 1 aromatic carbocycles. The van der Waals surface area contributed by atoms with Crippen molar-refractivity contribution in [1.82, 2.24) is 20.1 Å². The molecular weight excluding hydrogens is 412 g/mol. The van der Waals surface area contributed by atoms with Gasteiger partial charge < -0.3 is 14.6 Å². The summed E-state index contributed by atoms with van der Waals surface area (Å²) in [5.41, 5.74) is 0.932. The van der Waals surface area contributed by atoms with Gasteiger partial charge in [0.1, 0.15) is 5.75 Å². The third kappa shape index (κ3) is 5.72.